The largest absolute Gasteiger partial charge is 0.353 e. The second kappa shape index (κ2) is 12.1. The molecule has 8 heteroatoms. The van der Waals surface area contributed by atoms with Crippen LogP contribution in [-0.4, -0.2) is 34.4 Å². The van der Waals surface area contributed by atoms with Gasteiger partial charge in [0.15, 0.2) is 5.82 Å². The number of halogens is 1. The predicted octanol–water partition coefficient (Wildman–Crippen LogP) is 5.25. The number of hydrogen-bond donors (Lipinski definition) is 2. The van der Waals surface area contributed by atoms with Crippen molar-refractivity contribution in [2.45, 2.75) is 55.9 Å². The van der Waals surface area contributed by atoms with E-state index in [2.05, 4.69) is 22.3 Å². The Morgan fingerprint density at radius 2 is 2.12 bits per heavy atom. The second-order valence-corrected chi connectivity index (χ2v) is 9.38. The number of thioether (sulfide) groups is 1. The normalized spacial score (nSPS) is 14.8. The van der Waals surface area contributed by atoms with E-state index >= 15 is 0 Å². The Morgan fingerprint density at radius 3 is 2.81 bits per heavy atom. The highest BCUT2D eigenvalue weighted by atomic mass is 35.5. The number of aryl methyl sites for hydroxylation is 1. The Labute approximate surface area is 199 Å². The Kier molecular flexibility index (Phi) is 9.23. The third-order valence-corrected chi connectivity index (χ3v) is 7.06. The van der Waals surface area contributed by atoms with Gasteiger partial charge in [-0.25, -0.2) is 0 Å². The van der Waals surface area contributed by atoms with Crippen LogP contribution in [0.4, 0.5) is 5.82 Å². The third kappa shape index (κ3) is 6.87. The number of nitrogens with zero attached hydrogens (tertiary/aromatic N) is 2. The molecule has 1 unspecified atom stereocenters. The lowest BCUT2D eigenvalue weighted by Crippen LogP contribution is -2.24. The summed E-state index contributed by atoms with van der Waals surface area (Å²) in [7, 11) is 0. The van der Waals surface area contributed by atoms with Crippen molar-refractivity contribution in [3.05, 3.63) is 53.7 Å². The molecule has 6 nitrogen and oxygen atoms in total. The standard InChI is InChI=1S/C24H31ClN4O2S/c1-3-12-26-23(30)11-14-29-13-10-22(28-29)27-24(31)19(15-17-6-4-5-7-17)18-8-9-21(32-2)20(25)16-18/h3,8-10,13,16-17,19H,1,4-7,11-12,14-15H2,2H3,(H,26,30)(H,27,28,31). The van der Waals surface area contributed by atoms with E-state index in [1.807, 2.05) is 24.5 Å². The van der Waals surface area contributed by atoms with Gasteiger partial charge in [-0.15, -0.1) is 18.3 Å². The summed E-state index contributed by atoms with van der Waals surface area (Å²) in [6.45, 7) is 4.47. The fourth-order valence-corrected chi connectivity index (χ4v) is 5.01. The fraction of sp³-hybridized carbons (Fsp3) is 0.458. The molecule has 2 N–H and O–H groups in total. The van der Waals surface area contributed by atoms with Crippen LogP contribution in [0.15, 0.2) is 48.0 Å². The molecular formula is C24H31ClN4O2S. The van der Waals surface area contributed by atoms with Crippen LogP contribution in [0.2, 0.25) is 5.02 Å². The van der Waals surface area contributed by atoms with Gasteiger partial charge in [-0.05, 0) is 36.3 Å². The molecule has 0 spiro atoms. The first kappa shape index (κ1) is 24.4. The van der Waals surface area contributed by atoms with Crippen molar-refractivity contribution in [1.29, 1.82) is 0 Å². The van der Waals surface area contributed by atoms with Crippen molar-refractivity contribution in [2.24, 2.45) is 5.92 Å². The van der Waals surface area contributed by atoms with Crippen LogP contribution in [0.1, 0.15) is 50.0 Å². The van der Waals surface area contributed by atoms with Gasteiger partial charge in [0.25, 0.3) is 0 Å². The fourth-order valence-electron chi connectivity index (χ4n) is 4.13. The highest BCUT2D eigenvalue weighted by Crippen LogP contribution is 2.37. The van der Waals surface area contributed by atoms with E-state index in [-0.39, 0.29) is 17.7 Å². The first-order chi connectivity index (χ1) is 15.5. The van der Waals surface area contributed by atoms with Gasteiger partial charge in [0, 0.05) is 36.7 Å². The van der Waals surface area contributed by atoms with E-state index in [9.17, 15) is 9.59 Å². The molecule has 0 radical (unpaired) electrons. The summed E-state index contributed by atoms with van der Waals surface area (Å²) in [5, 5.41) is 10.8. The molecule has 1 aromatic heterocycles. The molecule has 1 fully saturated rings. The Morgan fingerprint density at radius 1 is 1.34 bits per heavy atom. The number of anilines is 1. The Balaban J connectivity index is 1.67. The van der Waals surface area contributed by atoms with E-state index in [1.54, 1.807) is 34.8 Å². The van der Waals surface area contributed by atoms with E-state index in [4.69, 9.17) is 11.6 Å². The number of aromatic nitrogens is 2. The van der Waals surface area contributed by atoms with E-state index in [0.717, 1.165) is 16.9 Å². The van der Waals surface area contributed by atoms with Crippen LogP contribution in [0.5, 0.6) is 0 Å². The zero-order valence-corrected chi connectivity index (χ0v) is 20.1. The lowest BCUT2D eigenvalue weighted by atomic mass is 9.87. The summed E-state index contributed by atoms with van der Waals surface area (Å²) in [6, 6.07) is 7.68. The van der Waals surface area contributed by atoms with Crippen LogP contribution in [0.3, 0.4) is 0 Å². The van der Waals surface area contributed by atoms with Crippen LogP contribution >= 0.6 is 23.4 Å². The molecule has 0 aliphatic heterocycles. The quantitative estimate of drug-likeness (QED) is 0.344. The lowest BCUT2D eigenvalue weighted by Gasteiger charge is -2.21. The van der Waals surface area contributed by atoms with Crippen molar-refractivity contribution < 1.29 is 9.59 Å². The van der Waals surface area contributed by atoms with E-state index < -0.39 is 0 Å². The number of carbonyl (C=O) groups is 2. The van der Waals surface area contributed by atoms with Crippen molar-refractivity contribution in [2.75, 3.05) is 18.1 Å². The molecule has 0 saturated heterocycles. The molecule has 3 rings (SSSR count). The van der Waals surface area contributed by atoms with Crippen LogP contribution < -0.4 is 10.6 Å². The Bertz CT molecular complexity index is 940. The third-order valence-electron chi connectivity index (χ3n) is 5.84. The zero-order valence-electron chi connectivity index (χ0n) is 18.5. The van der Waals surface area contributed by atoms with Gasteiger partial charge in [0.1, 0.15) is 0 Å². The average molecular weight is 475 g/mol. The van der Waals surface area contributed by atoms with Crippen LogP contribution in [0, 0.1) is 5.92 Å². The summed E-state index contributed by atoms with van der Waals surface area (Å²) in [5.41, 5.74) is 0.940. The SMILES string of the molecule is C=CCNC(=O)CCn1ccc(NC(=O)C(CC2CCCC2)c2ccc(SC)c(Cl)c2)n1. The average Bonchev–Trinajstić information content (AvgIpc) is 3.46. The van der Waals surface area contributed by atoms with E-state index in [1.165, 1.54) is 25.7 Å². The second-order valence-electron chi connectivity index (χ2n) is 8.13. The molecule has 32 heavy (non-hydrogen) atoms. The summed E-state index contributed by atoms with van der Waals surface area (Å²) < 4.78 is 1.67. The predicted molar refractivity (Wildman–Crippen MR) is 131 cm³/mol. The van der Waals surface area contributed by atoms with Gasteiger partial charge >= 0.3 is 0 Å². The summed E-state index contributed by atoms with van der Waals surface area (Å²) in [5.74, 6) is 0.634. The number of rotatable bonds is 11. The van der Waals surface area contributed by atoms with Gasteiger partial charge in [-0.3, -0.25) is 14.3 Å². The maximum absolute atomic E-state index is 13.3. The summed E-state index contributed by atoms with van der Waals surface area (Å²) in [4.78, 5) is 26.0. The maximum Gasteiger partial charge on any atom is 0.233 e. The minimum Gasteiger partial charge on any atom is -0.353 e. The van der Waals surface area contributed by atoms with Crippen molar-refractivity contribution in [1.82, 2.24) is 15.1 Å². The molecule has 0 bridgehead atoms. The van der Waals surface area contributed by atoms with Gasteiger partial charge in [-0.1, -0.05) is 49.4 Å². The molecule has 172 valence electrons. The molecule has 2 amide bonds. The first-order valence-electron chi connectivity index (χ1n) is 11.1. The summed E-state index contributed by atoms with van der Waals surface area (Å²) in [6.07, 6.45) is 11.3. The topological polar surface area (TPSA) is 76.0 Å². The number of hydrogen-bond acceptors (Lipinski definition) is 4. The molecular weight excluding hydrogens is 444 g/mol. The van der Waals surface area contributed by atoms with Crippen LogP contribution in [-0.2, 0) is 16.1 Å². The molecule has 2 aromatic rings. The number of amides is 2. The Hall–Kier alpha value is -2.25. The maximum atomic E-state index is 13.3. The minimum atomic E-state index is -0.277. The lowest BCUT2D eigenvalue weighted by molar-refractivity contribution is -0.121. The minimum absolute atomic E-state index is 0.0619. The van der Waals surface area contributed by atoms with Crippen molar-refractivity contribution in [3.8, 4) is 0 Å². The van der Waals surface area contributed by atoms with Gasteiger partial charge in [-0.2, -0.15) is 5.10 Å². The molecule has 1 heterocycles. The molecule has 1 aliphatic carbocycles. The highest BCUT2D eigenvalue weighted by molar-refractivity contribution is 7.98. The van der Waals surface area contributed by atoms with Gasteiger partial charge in [0.05, 0.1) is 10.9 Å². The smallest absolute Gasteiger partial charge is 0.233 e. The first-order valence-corrected chi connectivity index (χ1v) is 12.7. The van der Waals surface area contributed by atoms with Crippen LogP contribution in [0.25, 0.3) is 0 Å². The van der Waals surface area contributed by atoms with Gasteiger partial charge in [0.2, 0.25) is 11.8 Å². The summed E-state index contributed by atoms with van der Waals surface area (Å²) >= 11 is 8.04. The van der Waals surface area contributed by atoms with Crippen molar-refractivity contribution >= 4 is 41.0 Å². The highest BCUT2D eigenvalue weighted by Gasteiger charge is 2.27. The van der Waals surface area contributed by atoms with Gasteiger partial charge < -0.3 is 10.6 Å². The van der Waals surface area contributed by atoms with E-state index in [0.29, 0.717) is 36.3 Å². The number of carbonyl (C=O) groups excluding carboxylic acids is 2. The number of benzene rings is 1. The van der Waals surface area contributed by atoms with Crippen molar-refractivity contribution in [3.63, 3.8) is 0 Å². The molecule has 1 aromatic carbocycles. The molecule has 1 aliphatic rings. The zero-order chi connectivity index (χ0) is 22.9. The number of nitrogens with one attached hydrogen (secondary N) is 2. The molecule has 1 saturated carbocycles. The monoisotopic (exact) mass is 474 g/mol. The molecule has 1 atom stereocenters.